The van der Waals surface area contributed by atoms with Crippen LogP contribution in [-0.2, 0) is 4.74 Å². The lowest BCUT2D eigenvalue weighted by atomic mass is 10.2. The molecule has 0 atom stereocenters. The summed E-state index contributed by atoms with van der Waals surface area (Å²) in [5.74, 6) is -0.974. The van der Waals surface area contributed by atoms with E-state index in [1.807, 2.05) is 0 Å². The zero-order chi connectivity index (χ0) is 21.1. The van der Waals surface area contributed by atoms with E-state index in [0.29, 0.717) is 0 Å². The van der Waals surface area contributed by atoms with Crippen molar-refractivity contribution in [2.24, 2.45) is 0 Å². The third-order valence-electron chi connectivity index (χ3n) is 3.33. The average molecular weight is 429 g/mol. The fourth-order valence-corrected chi connectivity index (χ4v) is 2.86. The summed E-state index contributed by atoms with van der Waals surface area (Å²) in [5, 5.41) is 5.29. The number of hydrogen-bond donors (Lipinski definition) is 2. The number of benzene rings is 2. The number of rotatable bonds is 4. The molecule has 0 aromatic heterocycles. The van der Waals surface area contributed by atoms with Gasteiger partial charge in [-0.15, -0.1) is 0 Å². The van der Waals surface area contributed by atoms with Gasteiger partial charge in [0, 0.05) is 5.56 Å². The van der Waals surface area contributed by atoms with Crippen molar-refractivity contribution in [2.75, 3.05) is 17.7 Å². The molecule has 0 fully saturated rings. The molecule has 0 unspecified atom stereocenters. The van der Waals surface area contributed by atoms with Gasteiger partial charge >= 0.3 is 6.09 Å². The summed E-state index contributed by atoms with van der Waals surface area (Å²) in [6, 6.07) is 6.24. The number of methoxy groups -OCH3 is 1. The SMILES string of the molecule is COc1c(Cl)cc(C(=O)Nc2cc(F)ccc2NC(=O)OC(C)(C)C)cc1Cl. The van der Waals surface area contributed by atoms with Crippen LogP contribution < -0.4 is 15.4 Å². The molecular weight excluding hydrogens is 410 g/mol. The molecule has 2 N–H and O–H groups in total. The molecule has 0 aliphatic heterocycles. The van der Waals surface area contributed by atoms with E-state index in [9.17, 15) is 14.0 Å². The Morgan fingerprint density at radius 3 is 2.14 bits per heavy atom. The number of nitrogens with one attached hydrogen (secondary N) is 2. The smallest absolute Gasteiger partial charge is 0.412 e. The zero-order valence-electron chi connectivity index (χ0n) is 15.7. The molecular formula is C19H19Cl2FN2O4. The lowest BCUT2D eigenvalue weighted by molar-refractivity contribution is 0.0635. The van der Waals surface area contributed by atoms with E-state index in [2.05, 4.69) is 10.6 Å². The zero-order valence-corrected chi connectivity index (χ0v) is 17.2. The van der Waals surface area contributed by atoms with Crippen LogP contribution in [-0.4, -0.2) is 24.7 Å². The van der Waals surface area contributed by atoms with Gasteiger partial charge in [0.05, 0.1) is 28.5 Å². The minimum Gasteiger partial charge on any atom is -0.494 e. The lowest BCUT2D eigenvalue weighted by Crippen LogP contribution is -2.27. The number of halogens is 3. The van der Waals surface area contributed by atoms with Crippen molar-refractivity contribution < 1.29 is 23.5 Å². The summed E-state index contributed by atoms with van der Waals surface area (Å²) < 4.78 is 23.9. The van der Waals surface area contributed by atoms with Gasteiger partial charge in [0.1, 0.15) is 11.4 Å². The summed E-state index contributed by atoms with van der Waals surface area (Å²) in [5.41, 5.74) is -0.388. The molecule has 9 heteroatoms. The van der Waals surface area contributed by atoms with Crippen molar-refractivity contribution in [1.82, 2.24) is 0 Å². The average Bonchev–Trinajstić information content (AvgIpc) is 2.55. The first-order chi connectivity index (χ1) is 13.0. The summed E-state index contributed by atoms with van der Waals surface area (Å²) in [4.78, 5) is 24.6. The highest BCUT2D eigenvalue weighted by Gasteiger charge is 2.19. The lowest BCUT2D eigenvalue weighted by Gasteiger charge is -2.20. The topological polar surface area (TPSA) is 76.7 Å². The van der Waals surface area contributed by atoms with Gasteiger partial charge < -0.3 is 14.8 Å². The van der Waals surface area contributed by atoms with Crippen molar-refractivity contribution in [3.63, 3.8) is 0 Å². The summed E-state index contributed by atoms with van der Waals surface area (Å²) in [6.45, 7) is 5.12. The third kappa shape index (κ3) is 5.74. The molecule has 150 valence electrons. The summed E-state index contributed by atoms with van der Waals surface area (Å²) >= 11 is 12.1. The number of carbonyl (C=O) groups is 2. The first-order valence-electron chi connectivity index (χ1n) is 8.14. The van der Waals surface area contributed by atoms with E-state index < -0.39 is 23.4 Å². The normalized spacial score (nSPS) is 11.0. The van der Waals surface area contributed by atoms with Crippen LogP contribution in [0.1, 0.15) is 31.1 Å². The van der Waals surface area contributed by atoms with Crippen LogP contribution in [0.2, 0.25) is 10.0 Å². The molecule has 2 aromatic carbocycles. The van der Waals surface area contributed by atoms with Crippen LogP contribution in [0.25, 0.3) is 0 Å². The van der Waals surface area contributed by atoms with E-state index in [-0.39, 0.29) is 32.7 Å². The molecule has 0 saturated heterocycles. The predicted octanol–water partition coefficient (Wildman–Crippen LogP) is 5.74. The number of ether oxygens (including phenoxy) is 2. The van der Waals surface area contributed by atoms with E-state index >= 15 is 0 Å². The van der Waals surface area contributed by atoms with Crippen molar-refractivity contribution in [2.45, 2.75) is 26.4 Å². The predicted molar refractivity (Wildman–Crippen MR) is 107 cm³/mol. The molecule has 0 saturated carbocycles. The van der Waals surface area contributed by atoms with Crippen molar-refractivity contribution in [3.8, 4) is 5.75 Å². The molecule has 2 amide bonds. The molecule has 0 aliphatic rings. The highest BCUT2D eigenvalue weighted by molar-refractivity contribution is 6.37. The second-order valence-corrected chi connectivity index (χ2v) is 7.56. The standard InChI is InChI=1S/C19H19Cl2FN2O4/c1-19(2,3)28-18(26)24-14-6-5-11(22)9-15(14)23-17(25)10-7-12(20)16(27-4)13(21)8-10/h5-9H,1-4H3,(H,23,25)(H,24,26). The maximum Gasteiger partial charge on any atom is 0.412 e. The van der Waals surface area contributed by atoms with Crippen molar-refractivity contribution >= 4 is 46.6 Å². The summed E-state index contributed by atoms with van der Waals surface area (Å²) in [7, 11) is 1.40. The fraction of sp³-hybridized carbons (Fsp3) is 0.263. The number of hydrogen-bond acceptors (Lipinski definition) is 4. The Morgan fingerprint density at radius 1 is 1.00 bits per heavy atom. The Kier molecular flexibility index (Phi) is 6.74. The molecule has 0 spiro atoms. The first-order valence-corrected chi connectivity index (χ1v) is 8.89. The maximum absolute atomic E-state index is 13.7. The third-order valence-corrected chi connectivity index (χ3v) is 3.89. The van der Waals surface area contributed by atoms with Crippen LogP contribution >= 0.6 is 23.2 Å². The number of carbonyl (C=O) groups excluding carboxylic acids is 2. The summed E-state index contributed by atoms with van der Waals surface area (Å²) in [6.07, 6.45) is -0.745. The Hall–Kier alpha value is -2.51. The fourth-order valence-electron chi connectivity index (χ4n) is 2.22. The van der Waals surface area contributed by atoms with Crippen LogP contribution in [0.4, 0.5) is 20.6 Å². The van der Waals surface area contributed by atoms with Gasteiger partial charge in [-0.25, -0.2) is 9.18 Å². The molecule has 2 aromatic rings. The second kappa shape index (κ2) is 8.67. The Balaban J connectivity index is 2.27. The van der Waals surface area contributed by atoms with Gasteiger partial charge in [-0.05, 0) is 51.1 Å². The van der Waals surface area contributed by atoms with Crippen LogP contribution in [0, 0.1) is 5.82 Å². The Morgan fingerprint density at radius 2 is 1.61 bits per heavy atom. The van der Waals surface area contributed by atoms with Gasteiger partial charge in [0.2, 0.25) is 0 Å². The minimum absolute atomic E-state index is 0.0407. The quantitative estimate of drug-likeness (QED) is 0.650. The molecule has 28 heavy (non-hydrogen) atoms. The number of anilines is 2. The number of amides is 2. The van der Waals surface area contributed by atoms with E-state index in [4.69, 9.17) is 32.7 Å². The molecule has 6 nitrogen and oxygen atoms in total. The molecule has 2 rings (SSSR count). The Labute approximate surface area is 171 Å². The van der Waals surface area contributed by atoms with E-state index in [1.54, 1.807) is 20.8 Å². The van der Waals surface area contributed by atoms with Crippen molar-refractivity contribution in [3.05, 3.63) is 51.8 Å². The largest absolute Gasteiger partial charge is 0.494 e. The molecule has 0 radical (unpaired) electrons. The first kappa shape index (κ1) is 21.8. The van der Waals surface area contributed by atoms with Crippen LogP contribution in [0.3, 0.4) is 0 Å². The van der Waals surface area contributed by atoms with Gasteiger partial charge in [0.15, 0.2) is 5.75 Å². The maximum atomic E-state index is 13.7. The van der Waals surface area contributed by atoms with Crippen LogP contribution in [0.15, 0.2) is 30.3 Å². The monoisotopic (exact) mass is 428 g/mol. The van der Waals surface area contributed by atoms with E-state index in [1.165, 1.54) is 25.3 Å². The molecule has 0 bridgehead atoms. The van der Waals surface area contributed by atoms with Gasteiger partial charge in [0.25, 0.3) is 5.91 Å². The van der Waals surface area contributed by atoms with Crippen LogP contribution in [0.5, 0.6) is 5.75 Å². The molecule has 0 aliphatic carbocycles. The highest BCUT2D eigenvalue weighted by atomic mass is 35.5. The highest BCUT2D eigenvalue weighted by Crippen LogP contribution is 2.34. The Bertz CT molecular complexity index is 890. The van der Waals surface area contributed by atoms with Gasteiger partial charge in [-0.2, -0.15) is 0 Å². The van der Waals surface area contributed by atoms with Gasteiger partial charge in [-0.3, -0.25) is 10.1 Å². The van der Waals surface area contributed by atoms with Gasteiger partial charge in [-0.1, -0.05) is 23.2 Å². The van der Waals surface area contributed by atoms with Crippen molar-refractivity contribution in [1.29, 1.82) is 0 Å². The molecule has 0 heterocycles. The minimum atomic E-state index is -0.745. The van der Waals surface area contributed by atoms with E-state index in [0.717, 1.165) is 12.1 Å². The second-order valence-electron chi connectivity index (χ2n) is 6.74.